The van der Waals surface area contributed by atoms with Crippen LogP contribution in [0.5, 0.6) is 11.5 Å². The van der Waals surface area contributed by atoms with Gasteiger partial charge in [-0.15, -0.1) is 0 Å². The van der Waals surface area contributed by atoms with Crippen molar-refractivity contribution < 1.29 is 19.4 Å². The summed E-state index contributed by atoms with van der Waals surface area (Å²) in [7, 11) is 1.55. The second-order valence-electron chi connectivity index (χ2n) is 6.77. The van der Waals surface area contributed by atoms with Crippen molar-refractivity contribution in [1.82, 2.24) is 0 Å². The van der Waals surface area contributed by atoms with Crippen molar-refractivity contribution in [3.8, 4) is 11.5 Å². The fourth-order valence-corrected chi connectivity index (χ4v) is 3.72. The molecule has 0 bridgehead atoms. The molecule has 0 saturated carbocycles. The summed E-state index contributed by atoms with van der Waals surface area (Å²) >= 11 is 18.9. The van der Waals surface area contributed by atoms with Gasteiger partial charge in [-0.1, -0.05) is 40.9 Å². The van der Waals surface area contributed by atoms with Crippen LogP contribution in [0.3, 0.4) is 0 Å². The summed E-state index contributed by atoms with van der Waals surface area (Å²) in [5.41, 5.74) is 3.34. The van der Waals surface area contributed by atoms with Gasteiger partial charge in [0.05, 0.1) is 12.7 Å². The van der Waals surface area contributed by atoms with Crippen LogP contribution in [0.15, 0.2) is 48.5 Å². The summed E-state index contributed by atoms with van der Waals surface area (Å²) in [5.74, 6) is 0.0210. The molecule has 162 valence electrons. The number of ether oxygens (including phenoxy) is 2. The number of carboxylic acid groups (broad SMARTS) is 1. The monoisotopic (exact) mass is 479 g/mol. The van der Waals surface area contributed by atoms with Crippen molar-refractivity contribution in [3.05, 3.63) is 85.9 Å². The van der Waals surface area contributed by atoms with Gasteiger partial charge in [-0.25, -0.2) is 4.79 Å². The Morgan fingerprint density at radius 2 is 1.71 bits per heavy atom. The predicted octanol–water partition coefficient (Wildman–Crippen LogP) is 6.85. The minimum atomic E-state index is -0.962. The van der Waals surface area contributed by atoms with Crippen molar-refractivity contribution in [2.75, 3.05) is 12.4 Å². The second-order valence-corrected chi connectivity index (χ2v) is 7.99. The summed E-state index contributed by atoms with van der Waals surface area (Å²) in [6, 6.07) is 13.6. The highest BCUT2D eigenvalue weighted by Gasteiger charge is 2.14. The van der Waals surface area contributed by atoms with Gasteiger partial charge < -0.3 is 19.9 Å². The number of hydrogen-bond donors (Lipinski definition) is 2. The highest BCUT2D eigenvalue weighted by Crippen LogP contribution is 2.35. The van der Waals surface area contributed by atoms with E-state index in [0.29, 0.717) is 38.7 Å². The molecule has 0 atom stereocenters. The van der Waals surface area contributed by atoms with Crippen molar-refractivity contribution >= 4 is 46.5 Å². The number of nitrogens with one attached hydrogen (secondary N) is 1. The quantitative estimate of drug-likeness (QED) is 0.369. The minimum absolute atomic E-state index is 0.165. The molecule has 0 aliphatic carbocycles. The summed E-state index contributed by atoms with van der Waals surface area (Å²) in [5, 5.41) is 13.9. The molecule has 0 heterocycles. The molecule has 0 spiro atoms. The molecule has 5 nitrogen and oxygen atoms in total. The topological polar surface area (TPSA) is 67.8 Å². The lowest BCUT2D eigenvalue weighted by Crippen LogP contribution is -2.05. The van der Waals surface area contributed by atoms with Crippen molar-refractivity contribution in [2.45, 2.75) is 20.1 Å². The number of aryl methyl sites for hydroxylation is 1. The molecule has 0 fully saturated rings. The Labute approximate surface area is 195 Å². The van der Waals surface area contributed by atoms with Gasteiger partial charge in [-0.2, -0.15) is 0 Å². The lowest BCUT2D eigenvalue weighted by atomic mass is 10.1. The maximum absolute atomic E-state index is 11.1. The zero-order chi connectivity index (χ0) is 22.5. The second kappa shape index (κ2) is 10.1. The molecule has 2 N–H and O–H groups in total. The highest BCUT2D eigenvalue weighted by molar-refractivity contribution is 6.36. The molecule has 0 unspecified atom stereocenters. The molecule has 31 heavy (non-hydrogen) atoms. The molecule has 0 aliphatic heterocycles. The Morgan fingerprint density at radius 1 is 1.00 bits per heavy atom. The summed E-state index contributed by atoms with van der Waals surface area (Å²) in [4.78, 5) is 11.1. The summed E-state index contributed by atoms with van der Waals surface area (Å²) < 4.78 is 11.3. The van der Waals surface area contributed by atoms with E-state index in [-0.39, 0.29) is 12.2 Å². The maximum Gasteiger partial charge on any atom is 0.335 e. The molecule has 3 aromatic carbocycles. The van der Waals surface area contributed by atoms with E-state index in [4.69, 9.17) is 49.4 Å². The predicted molar refractivity (Wildman–Crippen MR) is 124 cm³/mol. The normalized spacial score (nSPS) is 10.6. The van der Waals surface area contributed by atoms with Crippen LogP contribution in [0.2, 0.25) is 15.1 Å². The van der Waals surface area contributed by atoms with Crippen LogP contribution in [-0.2, 0) is 13.2 Å². The van der Waals surface area contributed by atoms with Gasteiger partial charge in [-0.05, 0) is 54.4 Å². The van der Waals surface area contributed by atoms with Gasteiger partial charge in [-0.3, -0.25) is 0 Å². The van der Waals surface area contributed by atoms with E-state index in [1.807, 2.05) is 6.92 Å². The van der Waals surface area contributed by atoms with Gasteiger partial charge >= 0.3 is 5.97 Å². The van der Waals surface area contributed by atoms with Crippen LogP contribution in [0.1, 0.15) is 27.0 Å². The zero-order valence-electron chi connectivity index (χ0n) is 16.8. The Hall–Kier alpha value is -2.60. The molecule has 0 amide bonds. The number of methoxy groups -OCH3 is 1. The Morgan fingerprint density at radius 3 is 2.32 bits per heavy atom. The lowest BCUT2D eigenvalue weighted by Gasteiger charge is -2.16. The van der Waals surface area contributed by atoms with Crippen LogP contribution in [-0.4, -0.2) is 18.2 Å². The molecular formula is C23H20Cl3NO4. The number of hydrogen-bond acceptors (Lipinski definition) is 4. The lowest BCUT2D eigenvalue weighted by molar-refractivity contribution is 0.0697. The molecule has 0 saturated heterocycles. The number of benzene rings is 3. The fraction of sp³-hybridized carbons (Fsp3) is 0.174. The first kappa shape index (κ1) is 23.1. The van der Waals surface area contributed by atoms with E-state index in [1.54, 1.807) is 55.6 Å². The van der Waals surface area contributed by atoms with E-state index in [2.05, 4.69) is 5.32 Å². The third kappa shape index (κ3) is 5.56. The van der Waals surface area contributed by atoms with Gasteiger partial charge in [0.2, 0.25) is 0 Å². The molecule has 8 heteroatoms. The number of rotatable bonds is 8. The number of carbonyl (C=O) groups is 1. The van der Waals surface area contributed by atoms with Gasteiger partial charge in [0.15, 0.2) is 11.5 Å². The first-order valence-corrected chi connectivity index (χ1v) is 10.4. The largest absolute Gasteiger partial charge is 0.493 e. The van der Waals surface area contributed by atoms with Gasteiger partial charge in [0.25, 0.3) is 0 Å². The Bertz CT molecular complexity index is 1100. The summed E-state index contributed by atoms with van der Waals surface area (Å²) in [6.07, 6.45) is 0. The van der Waals surface area contributed by atoms with E-state index in [9.17, 15) is 4.79 Å². The molecule has 3 rings (SSSR count). The third-order valence-corrected chi connectivity index (χ3v) is 5.77. The highest BCUT2D eigenvalue weighted by atomic mass is 35.5. The SMILES string of the molecule is COc1cc(CNc2ccc(C(=O)O)cc2C)c(Cl)cc1OCc1c(Cl)cccc1Cl. The zero-order valence-corrected chi connectivity index (χ0v) is 19.1. The van der Waals surface area contributed by atoms with Crippen LogP contribution in [0, 0.1) is 6.92 Å². The molecule has 3 aromatic rings. The van der Waals surface area contributed by atoms with Crippen molar-refractivity contribution in [3.63, 3.8) is 0 Å². The van der Waals surface area contributed by atoms with Gasteiger partial charge in [0, 0.05) is 38.9 Å². The van der Waals surface area contributed by atoms with E-state index in [1.165, 1.54) is 0 Å². The molecular weight excluding hydrogens is 461 g/mol. The van der Waals surface area contributed by atoms with Crippen LogP contribution in [0.25, 0.3) is 0 Å². The summed E-state index contributed by atoms with van der Waals surface area (Å²) in [6.45, 7) is 2.42. The first-order valence-electron chi connectivity index (χ1n) is 9.30. The van der Waals surface area contributed by atoms with E-state index in [0.717, 1.165) is 16.8 Å². The van der Waals surface area contributed by atoms with Crippen molar-refractivity contribution in [2.24, 2.45) is 0 Å². The average molecular weight is 481 g/mol. The average Bonchev–Trinajstić information content (AvgIpc) is 2.73. The number of aromatic carboxylic acids is 1. The number of carboxylic acids is 1. The number of halogens is 3. The van der Waals surface area contributed by atoms with E-state index < -0.39 is 5.97 Å². The van der Waals surface area contributed by atoms with Gasteiger partial charge in [0.1, 0.15) is 6.61 Å². The smallest absolute Gasteiger partial charge is 0.335 e. The first-order chi connectivity index (χ1) is 14.8. The number of anilines is 1. The molecule has 0 aliphatic rings. The Kier molecular flexibility index (Phi) is 7.55. The fourth-order valence-electron chi connectivity index (χ4n) is 2.99. The third-order valence-electron chi connectivity index (χ3n) is 4.71. The Balaban J connectivity index is 1.75. The molecule has 0 radical (unpaired) electrons. The van der Waals surface area contributed by atoms with Crippen LogP contribution < -0.4 is 14.8 Å². The van der Waals surface area contributed by atoms with Crippen molar-refractivity contribution in [1.29, 1.82) is 0 Å². The minimum Gasteiger partial charge on any atom is -0.493 e. The molecule has 0 aromatic heterocycles. The maximum atomic E-state index is 11.1. The standard InChI is InChI=1S/C23H20Cl3NO4/c1-13-8-14(23(28)29)6-7-20(13)27-11-15-9-21(30-2)22(10-19(15)26)31-12-16-17(24)4-3-5-18(16)25/h3-10,27H,11-12H2,1-2H3,(H,28,29). The van der Waals surface area contributed by atoms with E-state index >= 15 is 0 Å². The van der Waals surface area contributed by atoms with Crippen LogP contribution in [0.4, 0.5) is 5.69 Å². The van der Waals surface area contributed by atoms with Crippen LogP contribution >= 0.6 is 34.8 Å².